The molecule has 0 radical (unpaired) electrons. The standard InChI is InChI=1S/C12H17NO2/c1-14-10-6-7-12(11(13)8-10)15-9-4-2-3-5-9/h6-9H,2-5,13H2,1H3. The first-order valence-corrected chi connectivity index (χ1v) is 5.40. The first-order chi connectivity index (χ1) is 7.29. The topological polar surface area (TPSA) is 44.5 Å². The van der Waals surface area contributed by atoms with E-state index in [0.29, 0.717) is 11.8 Å². The normalized spacial score (nSPS) is 16.6. The van der Waals surface area contributed by atoms with E-state index in [9.17, 15) is 0 Å². The summed E-state index contributed by atoms with van der Waals surface area (Å²) in [4.78, 5) is 0. The quantitative estimate of drug-likeness (QED) is 0.775. The first-order valence-electron chi connectivity index (χ1n) is 5.40. The van der Waals surface area contributed by atoms with E-state index in [1.807, 2.05) is 12.1 Å². The highest BCUT2D eigenvalue weighted by Crippen LogP contribution is 2.30. The third-order valence-electron chi connectivity index (χ3n) is 2.81. The Morgan fingerprint density at radius 1 is 1.27 bits per heavy atom. The van der Waals surface area contributed by atoms with Gasteiger partial charge in [-0.05, 0) is 37.8 Å². The molecule has 1 aromatic carbocycles. The smallest absolute Gasteiger partial charge is 0.142 e. The summed E-state index contributed by atoms with van der Waals surface area (Å²) >= 11 is 0. The first kappa shape index (κ1) is 10.1. The van der Waals surface area contributed by atoms with E-state index < -0.39 is 0 Å². The van der Waals surface area contributed by atoms with Crippen LogP contribution in [0.1, 0.15) is 25.7 Å². The van der Waals surface area contributed by atoms with E-state index in [1.165, 1.54) is 12.8 Å². The fourth-order valence-corrected chi connectivity index (χ4v) is 1.95. The molecule has 0 saturated heterocycles. The highest BCUT2D eigenvalue weighted by atomic mass is 16.5. The second-order valence-electron chi connectivity index (χ2n) is 3.93. The highest BCUT2D eigenvalue weighted by molar-refractivity contribution is 5.56. The van der Waals surface area contributed by atoms with Crippen LogP contribution in [0.15, 0.2) is 18.2 Å². The van der Waals surface area contributed by atoms with Crippen molar-refractivity contribution in [3.63, 3.8) is 0 Å². The van der Waals surface area contributed by atoms with Crippen molar-refractivity contribution in [3.05, 3.63) is 18.2 Å². The molecule has 0 atom stereocenters. The van der Waals surface area contributed by atoms with Gasteiger partial charge < -0.3 is 15.2 Å². The summed E-state index contributed by atoms with van der Waals surface area (Å²) in [5.74, 6) is 1.55. The Balaban J connectivity index is 2.07. The van der Waals surface area contributed by atoms with Gasteiger partial charge in [0.1, 0.15) is 11.5 Å². The van der Waals surface area contributed by atoms with Crippen molar-refractivity contribution in [1.82, 2.24) is 0 Å². The van der Waals surface area contributed by atoms with Crippen molar-refractivity contribution in [3.8, 4) is 11.5 Å². The highest BCUT2D eigenvalue weighted by Gasteiger charge is 2.17. The SMILES string of the molecule is COc1ccc(OC2CCCC2)c(N)c1. The van der Waals surface area contributed by atoms with E-state index in [0.717, 1.165) is 24.3 Å². The molecule has 0 amide bonds. The van der Waals surface area contributed by atoms with Crippen LogP contribution in [0.2, 0.25) is 0 Å². The molecule has 15 heavy (non-hydrogen) atoms. The molecule has 1 saturated carbocycles. The minimum absolute atomic E-state index is 0.348. The molecular weight excluding hydrogens is 190 g/mol. The van der Waals surface area contributed by atoms with Crippen LogP contribution in [0.25, 0.3) is 0 Å². The monoisotopic (exact) mass is 207 g/mol. The van der Waals surface area contributed by atoms with E-state index in [4.69, 9.17) is 15.2 Å². The number of benzene rings is 1. The molecule has 0 aromatic heterocycles. The second kappa shape index (κ2) is 4.43. The lowest BCUT2D eigenvalue weighted by Gasteiger charge is -2.15. The van der Waals surface area contributed by atoms with Crippen LogP contribution in [0.3, 0.4) is 0 Å². The molecule has 0 aliphatic heterocycles. The third kappa shape index (κ3) is 2.35. The molecule has 3 heteroatoms. The largest absolute Gasteiger partial charge is 0.497 e. The summed E-state index contributed by atoms with van der Waals surface area (Å²) in [7, 11) is 1.63. The van der Waals surface area contributed by atoms with Gasteiger partial charge in [0.2, 0.25) is 0 Å². The predicted octanol–water partition coefficient (Wildman–Crippen LogP) is 2.60. The Kier molecular flexibility index (Phi) is 2.99. The summed E-state index contributed by atoms with van der Waals surface area (Å²) in [5.41, 5.74) is 6.52. The van der Waals surface area contributed by atoms with Crippen LogP contribution in [-0.4, -0.2) is 13.2 Å². The second-order valence-corrected chi connectivity index (χ2v) is 3.93. The van der Waals surface area contributed by atoms with Crippen molar-refractivity contribution in [2.45, 2.75) is 31.8 Å². The maximum Gasteiger partial charge on any atom is 0.142 e. The van der Waals surface area contributed by atoms with E-state index in [2.05, 4.69) is 0 Å². The van der Waals surface area contributed by atoms with Crippen LogP contribution in [0.4, 0.5) is 5.69 Å². The van der Waals surface area contributed by atoms with Gasteiger partial charge in [-0.2, -0.15) is 0 Å². The van der Waals surface area contributed by atoms with Gasteiger partial charge >= 0.3 is 0 Å². The van der Waals surface area contributed by atoms with Crippen LogP contribution >= 0.6 is 0 Å². The van der Waals surface area contributed by atoms with Crippen LogP contribution < -0.4 is 15.2 Å². The molecule has 0 bridgehead atoms. The molecule has 1 fully saturated rings. The van der Waals surface area contributed by atoms with E-state index >= 15 is 0 Å². The molecule has 2 N–H and O–H groups in total. The van der Waals surface area contributed by atoms with Gasteiger partial charge in [0, 0.05) is 6.07 Å². The molecule has 82 valence electrons. The number of hydrogen-bond acceptors (Lipinski definition) is 3. The van der Waals surface area contributed by atoms with E-state index in [-0.39, 0.29) is 0 Å². The summed E-state index contributed by atoms with van der Waals surface area (Å²) in [6.45, 7) is 0. The zero-order valence-corrected chi connectivity index (χ0v) is 9.03. The summed E-state index contributed by atoms with van der Waals surface area (Å²) in [5, 5.41) is 0. The van der Waals surface area contributed by atoms with Crippen molar-refractivity contribution >= 4 is 5.69 Å². The van der Waals surface area contributed by atoms with Crippen LogP contribution in [0.5, 0.6) is 11.5 Å². The Morgan fingerprint density at radius 2 is 2.00 bits per heavy atom. The average molecular weight is 207 g/mol. The van der Waals surface area contributed by atoms with Crippen molar-refractivity contribution in [1.29, 1.82) is 0 Å². The van der Waals surface area contributed by atoms with Crippen molar-refractivity contribution < 1.29 is 9.47 Å². The maximum atomic E-state index is 5.87. The lowest BCUT2D eigenvalue weighted by Crippen LogP contribution is -2.11. The molecule has 0 unspecified atom stereocenters. The molecule has 0 spiro atoms. The Morgan fingerprint density at radius 3 is 2.60 bits per heavy atom. The van der Waals surface area contributed by atoms with Gasteiger partial charge in [-0.3, -0.25) is 0 Å². The number of nitrogens with two attached hydrogens (primary N) is 1. The van der Waals surface area contributed by atoms with Crippen LogP contribution in [-0.2, 0) is 0 Å². The summed E-state index contributed by atoms with van der Waals surface area (Å²) in [6.07, 6.45) is 5.17. The Hall–Kier alpha value is -1.38. The average Bonchev–Trinajstić information content (AvgIpc) is 2.74. The lowest BCUT2D eigenvalue weighted by atomic mass is 10.2. The van der Waals surface area contributed by atoms with Gasteiger partial charge in [-0.25, -0.2) is 0 Å². The molecule has 1 aliphatic rings. The zero-order chi connectivity index (χ0) is 10.7. The van der Waals surface area contributed by atoms with Crippen molar-refractivity contribution in [2.24, 2.45) is 0 Å². The predicted molar refractivity (Wildman–Crippen MR) is 60.3 cm³/mol. The molecule has 0 heterocycles. The molecule has 1 aromatic rings. The van der Waals surface area contributed by atoms with E-state index in [1.54, 1.807) is 13.2 Å². The molecule has 3 nitrogen and oxygen atoms in total. The number of nitrogen functional groups attached to an aromatic ring is 1. The number of rotatable bonds is 3. The third-order valence-corrected chi connectivity index (χ3v) is 2.81. The number of anilines is 1. The maximum absolute atomic E-state index is 5.87. The fourth-order valence-electron chi connectivity index (χ4n) is 1.95. The minimum Gasteiger partial charge on any atom is -0.497 e. The summed E-state index contributed by atoms with van der Waals surface area (Å²) in [6, 6.07) is 5.55. The van der Waals surface area contributed by atoms with Gasteiger partial charge in [0.05, 0.1) is 18.9 Å². The summed E-state index contributed by atoms with van der Waals surface area (Å²) < 4.78 is 10.9. The van der Waals surface area contributed by atoms with Gasteiger partial charge in [0.15, 0.2) is 0 Å². The van der Waals surface area contributed by atoms with Gasteiger partial charge in [0.25, 0.3) is 0 Å². The molecule has 1 aliphatic carbocycles. The Labute approximate surface area is 90.2 Å². The number of methoxy groups -OCH3 is 1. The minimum atomic E-state index is 0.348. The van der Waals surface area contributed by atoms with Crippen LogP contribution in [0, 0.1) is 0 Å². The number of hydrogen-bond donors (Lipinski definition) is 1. The van der Waals surface area contributed by atoms with Gasteiger partial charge in [-0.1, -0.05) is 0 Å². The molecule has 2 rings (SSSR count). The molecular formula is C12H17NO2. The Bertz CT molecular complexity index is 332. The van der Waals surface area contributed by atoms with Crippen molar-refractivity contribution in [2.75, 3.05) is 12.8 Å². The zero-order valence-electron chi connectivity index (χ0n) is 9.03. The lowest BCUT2D eigenvalue weighted by molar-refractivity contribution is 0.211. The van der Waals surface area contributed by atoms with Gasteiger partial charge in [-0.15, -0.1) is 0 Å². The number of ether oxygens (including phenoxy) is 2. The fraction of sp³-hybridized carbons (Fsp3) is 0.500.